The van der Waals surface area contributed by atoms with E-state index in [0.717, 1.165) is 65.7 Å². The molecule has 2 saturated heterocycles. The molecule has 0 saturated carbocycles. The number of pyridine rings is 2. The van der Waals surface area contributed by atoms with Gasteiger partial charge in [0.1, 0.15) is 35.5 Å². The summed E-state index contributed by atoms with van der Waals surface area (Å²) in [6, 6.07) is 13.8. The Kier molecular flexibility index (Phi) is 4.74. The number of anilines is 3. The third-order valence-corrected chi connectivity index (χ3v) is 7.09. The Bertz CT molecular complexity index is 1580. The molecule has 0 amide bonds. The fourth-order valence-electron chi connectivity index (χ4n) is 5.15. The number of aromatic nitrogens is 6. The van der Waals surface area contributed by atoms with Crippen molar-refractivity contribution >= 4 is 34.0 Å². The Balaban J connectivity index is 1.12. The molecule has 4 aromatic heterocycles. The van der Waals surface area contributed by atoms with Gasteiger partial charge >= 0.3 is 0 Å². The normalized spacial score (nSPS) is 16.5. The van der Waals surface area contributed by atoms with Crippen LogP contribution >= 0.6 is 0 Å². The average Bonchev–Trinajstić information content (AvgIpc) is 3.55. The van der Waals surface area contributed by atoms with E-state index < -0.39 is 0 Å². The smallest absolute Gasteiger partial charge is 0.160 e. The van der Waals surface area contributed by atoms with E-state index in [1.807, 2.05) is 49.5 Å². The average molecular weight is 480 g/mol. The second-order valence-electron chi connectivity index (χ2n) is 9.67. The summed E-state index contributed by atoms with van der Waals surface area (Å²) in [5, 5.41) is 11.0. The molecular formula is C26H25N9O. The van der Waals surface area contributed by atoms with E-state index in [-0.39, 0.29) is 0 Å². The highest BCUT2D eigenvalue weighted by Crippen LogP contribution is 2.39. The molecule has 5 aromatic rings. The lowest BCUT2D eigenvalue weighted by Gasteiger charge is -2.48. The highest BCUT2D eigenvalue weighted by Gasteiger charge is 2.45. The number of hydrogen-bond acceptors (Lipinski definition) is 9. The van der Waals surface area contributed by atoms with Crippen LogP contribution < -0.4 is 20.3 Å². The van der Waals surface area contributed by atoms with Crippen molar-refractivity contribution < 1.29 is 4.74 Å². The highest BCUT2D eigenvalue weighted by molar-refractivity contribution is 5.88. The van der Waals surface area contributed by atoms with Gasteiger partial charge in [0.15, 0.2) is 11.5 Å². The van der Waals surface area contributed by atoms with Crippen molar-refractivity contribution in [3.8, 4) is 11.5 Å². The number of hydrogen-bond donors (Lipinski definition) is 2. The number of nitrogens with one attached hydrogen (secondary N) is 2. The number of nitrogens with zero attached hydrogens (tertiary/aromatic N) is 7. The molecule has 0 bridgehead atoms. The zero-order valence-electron chi connectivity index (χ0n) is 19.8. The molecular weight excluding hydrogens is 454 g/mol. The third kappa shape index (κ3) is 3.66. The van der Waals surface area contributed by atoms with Crippen molar-refractivity contribution in [2.45, 2.75) is 13.3 Å². The summed E-state index contributed by atoms with van der Waals surface area (Å²) in [4.78, 5) is 20.4. The molecule has 10 nitrogen and oxygen atoms in total. The second kappa shape index (κ2) is 8.13. The summed E-state index contributed by atoms with van der Waals surface area (Å²) in [6.07, 6.45) is 6.16. The van der Waals surface area contributed by atoms with Crippen LogP contribution in [0.15, 0.2) is 61.3 Å². The van der Waals surface area contributed by atoms with E-state index in [1.54, 1.807) is 10.8 Å². The summed E-state index contributed by atoms with van der Waals surface area (Å²) >= 11 is 0. The summed E-state index contributed by atoms with van der Waals surface area (Å²) in [6.45, 7) is 6.31. The van der Waals surface area contributed by atoms with Crippen LogP contribution in [0.25, 0.3) is 16.7 Å². The molecule has 2 fully saturated rings. The summed E-state index contributed by atoms with van der Waals surface area (Å²) < 4.78 is 7.80. The van der Waals surface area contributed by atoms with Crippen molar-refractivity contribution in [2.75, 3.05) is 36.4 Å². The highest BCUT2D eigenvalue weighted by atomic mass is 16.5. The maximum atomic E-state index is 6.11. The zero-order valence-corrected chi connectivity index (χ0v) is 19.8. The van der Waals surface area contributed by atoms with Crippen molar-refractivity contribution in [3.63, 3.8) is 0 Å². The topological polar surface area (TPSA) is 105 Å². The molecule has 2 aliphatic heterocycles. The monoisotopic (exact) mass is 479 g/mol. The van der Waals surface area contributed by atoms with Crippen LogP contribution in [0.2, 0.25) is 0 Å². The van der Waals surface area contributed by atoms with Crippen LogP contribution in [0.5, 0.6) is 11.5 Å². The molecule has 2 aliphatic rings. The van der Waals surface area contributed by atoms with E-state index in [0.29, 0.717) is 17.0 Å². The van der Waals surface area contributed by atoms with Gasteiger partial charge in [-0.15, -0.1) is 0 Å². The van der Waals surface area contributed by atoms with Gasteiger partial charge < -0.3 is 20.3 Å². The molecule has 180 valence electrons. The Morgan fingerprint density at radius 1 is 1.03 bits per heavy atom. The van der Waals surface area contributed by atoms with Crippen LogP contribution in [0, 0.1) is 12.3 Å². The van der Waals surface area contributed by atoms with E-state index in [9.17, 15) is 0 Å². The van der Waals surface area contributed by atoms with Crippen molar-refractivity contribution in [1.29, 1.82) is 0 Å². The van der Waals surface area contributed by atoms with Gasteiger partial charge in [0.2, 0.25) is 0 Å². The fourth-order valence-corrected chi connectivity index (χ4v) is 5.15. The molecule has 0 radical (unpaired) electrons. The summed E-state index contributed by atoms with van der Waals surface area (Å²) in [5.74, 6) is 3.14. The summed E-state index contributed by atoms with van der Waals surface area (Å²) in [5.41, 5.74) is 4.62. The van der Waals surface area contributed by atoms with Crippen LogP contribution in [-0.2, 0) is 0 Å². The maximum absolute atomic E-state index is 6.11. The first-order valence-corrected chi connectivity index (χ1v) is 12.1. The van der Waals surface area contributed by atoms with Gasteiger partial charge in [-0.25, -0.2) is 24.5 Å². The van der Waals surface area contributed by atoms with Crippen LogP contribution in [0.3, 0.4) is 0 Å². The minimum absolute atomic E-state index is 0.410. The van der Waals surface area contributed by atoms with E-state index in [2.05, 4.69) is 41.7 Å². The molecule has 0 aliphatic carbocycles. The van der Waals surface area contributed by atoms with Crippen molar-refractivity contribution in [2.24, 2.45) is 5.41 Å². The Labute approximate surface area is 207 Å². The zero-order chi connectivity index (χ0) is 24.1. The lowest BCUT2D eigenvalue weighted by molar-refractivity contribution is 0.242. The minimum atomic E-state index is 0.410. The SMILES string of the molecule is Cc1cc(Nc2ncnc3ccc(N4CC5(CCNC5)C4)nc23)ccc1Oc1ccn2ncnc2c1. The largest absolute Gasteiger partial charge is 0.457 e. The van der Waals surface area contributed by atoms with Gasteiger partial charge in [0.25, 0.3) is 0 Å². The van der Waals surface area contributed by atoms with Gasteiger partial charge in [-0.1, -0.05) is 0 Å². The molecule has 0 unspecified atom stereocenters. The van der Waals surface area contributed by atoms with E-state index in [1.165, 1.54) is 12.7 Å². The Hall–Kier alpha value is -4.31. The lowest BCUT2D eigenvalue weighted by atomic mass is 9.79. The third-order valence-electron chi connectivity index (χ3n) is 7.09. The van der Waals surface area contributed by atoms with Gasteiger partial charge in [0.05, 0.1) is 5.52 Å². The quantitative estimate of drug-likeness (QED) is 0.390. The number of aryl methyl sites for hydroxylation is 1. The molecule has 1 aromatic carbocycles. The molecule has 7 rings (SSSR count). The molecule has 1 spiro atoms. The predicted molar refractivity (Wildman–Crippen MR) is 137 cm³/mol. The number of benzene rings is 1. The molecule has 0 atom stereocenters. The van der Waals surface area contributed by atoms with Crippen molar-refractivity contribution in [3.05, 3.63) is 66.9 Å². The molecule has 10 heteroatoms. The maximum Gasteiger partial charge on any atom is 0.160 e. The van der Waals surface area contributed by atoms with Crippen LogP contribution in [0.4, 0.5) is 17.3 Å². The number of rotatable bonds is 5. The lowest BCUT2D eigenvalue weighted by Crippen LogP contribution is -2.57. The molecule has 2 N–H and O–H groups in total. The van der Waals surface area contributed by atoms with E-state index >= 15 is 0 Å². The van der Waals surface area contributed by atoms with Crippen LogP contribution in [0.1, 0.15) is 12.0 Å². The Morgan fingerprint density at radius 2 is 1.97 bits per heavy atom. The van der Waals surface area contributed by atoms with Gasteiger partial charge in [-0.3, -0.25) is 0 Å². The fraction of sp³-hybridized carbons (Fsp3) is 0.269. The first-order chi connectivity index (χ1) is 17.6. The minimum Gasteiger partial charge on any atom is -0.457 e. The van der Waals surface area contributed by atoms with E-state index in [4.69, 9.17) is 9.72 Å². The first kappa shape index (κ1) is 21.0. The van der Waals surface area contributed by atoms with Gasteiger partial charge in [0, 0.05) is 43.0 Å². The second-order valence-corrected chi connectivity index (χ2v) is 9.67. The molecule has 6 heterocycles. The predicted octanol–water partition coefficient (Wildman–Crippen LogP) is 3.71. The van der Waals surface area contributed by atoms with Crippen molar-refractivity contribution in [1.82, 2.24) is 34.9 Å². The van der Waals surface area contributed by atoms with Gasteiger partial charge in [-0.2, -0.15) is 5.10 Å². The number of fused-ring (bicyclic) bond motifs is 2. The summed E-state index contributed by atoms with van der Waals surface area (Å²) in [7, 11) is 0. The Morgan fingerprint density at radius 3 is 2.83 bits per heavy atom. The van der Waals surface area contributed by atoms with Gasteiger partial charge in [-0.05, 0) is 61.9 Å². The van der Waals surface area contributed by atoms with Crippen LogP contribution in [-0.4, -0.2) is 55.7 Å². The molecule has 36 heavy (non-hydrogen) atoms. The first-order valence-electron chi connectivity index (χ1n) is 12.1. The standard InChI is InChI=1S/C26H25N9O/c1-17-10-18(2-4-21(17)36-19-6-9-35-23(11-19)29-16-31-35)32-25-24-20(28-15-30-25)3-5-22(33-24)34-13-26(14-34)7-8-27-12-26/h2-6,9-11,15-16,27H,7-8,12-14H2,1H3,(H,28,30,32). The number of ether oxygens (including phenoxy) is 1.